The number of amides is 1. The zero-order valence-corrected chi connectivity index (χ0v) is 14.4. The van der Waals surface area contributed by atoms with Gasteiger partial charge in [-0.3, -0.25) is 4.79 Å². The molecule has 1 amide bonds. The molecule has 1 aliphatic heterocycles. The van der Waals surface area contributed by atoms with Gasteiger partial charge in [0.25, 0.3) is 0 Å². The maximum absolute atomic E-state index is 11.8. The summed E-state index contributed by atoms with van der Waals surface area (Å²) in [7, 11) is 1.68. The highest BCUT2D eigenvalue weighted by Gasteiger charge is 2.34. The summed E-state index contributed by atoms with van der Waals surface area (Å²) in [5.74, 6) is -0.190. The number of hydrogen-bond donors (Lipinski definition) is 0. The van der Waals surface area contributed by atoms with Gasteiger partial charge in [-0.25, -0.2) is 4.79 Å². The summed E-state index contributed by atoms with van der Waals surface area (Å²) in [4.78, 5) is 24.7. The third-order valence-electron chi connectivity index (χ3n) is 4.51. The van der Waals surface area contributed by atoms with Crippen molar-refractivity contribution in [3.8, 4) is 0 Å². The molecule has 0 saturated carbocycles. The topological polar surface area (TPSA) is 46.6 Å². The molecule has 1 heterocycles. The second-order valence-corrected chi connectivity index (χ2v) is 6.41. The van der Waals surface area contributed by atoms with Crippen molar-refractivity contribution >= 4 is 11.9 Å². The van der Waals surface area contributed by atoms with Gasteiger partial charge in [0.2, 0.25) is 5.91 Å². The zero-order chi connectivity index (χ0) is 16.2. The third kappa shape index (κ3) is 7.28. The van der Waals surface area contributed by atoms with Gasteiger partial charge in [0.1, 0.15) is 6.04 Å². The number of hydrogen-bond acceptors (Lipinski definition) is 3. The van der Waals surface area contributed by atoms with Crippen molar-refractivity contribution in [3.63, 3.8) is 0 Å². The first-order valence-corrected chi connectivity index (χ1v) is 9.09. The van der Waals surface area contributed by atoms with Crippen molar-refractivity contribution in [2.75, 3.05) is 13.7 Å². The second kappa shape index (κ2) is 11.5. The maximum atomic E-state index is 11.8. The van der Waals surface area contributed by atoms with E-state index in [4.69, 9.17) is 4.74 Å². The molecule has 0 radical (unpaired) electrons. The highest BCUT2D eigenvalue weighted by molar-refractivity contribution is 5.87. The van der Waals surface area contributed by atoms with Gasteiger partial charge in [0.05, 0.1) is 6.61 Å². The minimum atomic E-state index is -0.351. The van der Waals surface area contributed by atoms with E-state index in [0.29, 0.717) is 19.4 Å². The summed E-state index contributed by atoms with van der Waals surface area (Å²) in [5, 5.41) is 0. The molecule has 0 bridgehead atoms. The van der Waals surface area contributed by atoms with Gasteiger partial charge in [-0.2, -0.15) is 0 Å². The smallest absolute Gasteiger partial charge is 0.328 e. The van der Waals surface area contributed by atoms with Crippen molar-refractivity contribution in [1.82, 2.24) is 4.90 Å². The van der Waals surface area contributed by atoms with Crippen LogP contribution in [0.4, 0.5) is 0 Å². The summed E-state index contributed by atoms with van der Waals surface area (Å²) >= 11 is 0. The van der Waals surface area contributed by atoms with Crippen LogP contribution in [0.5, 0.6) is 0 Å². The number of ether oxygens (including phenoxy) is 1. The fourth-order valence-corrected chi connectivity index (χ4v) is 2.94. The number of unbranched alkanes of at least 4 members (excludes halogenated alkanes) is 9. The van der Waals surface area contributed by atoms with Gasteiger partial charge in [0, 0.05) is 13.5 Å². The number of nitrogens with zero attached hydrogens (tertiary/aromatic N) is 1. The van der Waals surface area contributed by atoms with Crippen LogP contribution in [0.1, 0.15) is 84.0 Å². The molecule has 1 fully saturated rings. The van der Waals surface area contributed by atoms with Crippen LogP contribution in [0.25, 0.3) is 0 Å². The molecule has 1 rings (SSSR count). The van der Waals surface area contributed by atoms with Crippen molar-refractivity contribution < 1.29 is 14.3 Å². The average molecular weight is 311 g/mol. The molecule has 1 saturated heterocycles. The van der Waals surface area contributed by atoms with E-state index in [2.05, 4.69) is 6.92 Å². The van der Waals surface area contributed by atoms with E-state index in [9.17, 15) is 9.59 Å². The average Bonchev–Trinajstić information content (AvgIpc) is 2.84. The van der Waals surface area contributed by atoms with E-state index in [1.54, 1.807) is 7.05 Å². The molecular formula is C18H33NO3. The van der Waals surface area contributed by atoms with Gasteiger partial charge in [0.15, 0.2) is 0 Å². The monoisotopic (exact) mass is 311 g/mol. The van der Waals surface area contributed by atoms with Crippen molar-refractivity contribution in [2.45, 2.75) is 90.0 Å². The Kier molecular flexibility index (Phi) is 9.93. The molecule has 0 aliphatic carbocycles. The highest BCUT2D eigenvalue weighted by atomic mass is 16.5. The van der Waals surface area contributed by atoms with Crippen molar-refractivity contribution in [3.05, 3.63) is 0 Å². The lowest BCUT2D eigenvalue weighted by Gasteiger charge is -2.18. The molecule has 1 aliphatic rings. The molecule has 0 aromatic carbocycles. The quantitative estimate of drug-likeness (QED) is 0.403. The van der Waals surface area contributed by atoms with E-state index < -0.39 is 0 Å². The summed E-state index contributed by atoms with van der Waals surface area (Å²) in [6.07, 6.45) is 13.8. The first-order valence-electron chi connectivity index (χ1n) is 9.09. The summed E-state index contributed by atoms with van der Waals surface area (Å²) < 4.78 is 5.28. The summed E-state index contributed by atoms with van der Waals surface area (Å²) in [5.41, 5.74) is 0. The summed E-state index contributed by atoms with van der Waals surface area (Å²) in [6, 6.07) is -0.351. The lowest BCUT2D eigenvalue weighted by atomic mass is 10.1. The molecule has 4 nitrogen and oxygen atoms in total. The minimum Gasteiger partial charge on any atom is -0.464 e. The first kappa shape index (κ1) is 19.0. The largest absolute Gasteiger partial charge is 0.464 e. The Morgan fingerprint density at radius 3 is 2.09 bits per heavy atom. The Morgan fingerprint density at radius 1 is 1.05 bits per heavy atom. The molecule has 22 heavy (non-hydrogen) atoms. The normalized spacial score (nSPS) is 18.0. The Hall–Kier alpha value is -1.06. The number of rotatable bonds is 12. The minimum absolute atomic E-state index is 0.0425. The van der Waals surface area contributed by atoms with E-state index in [-0.39, 0.29) is 17.9 Å². The van der Waals surface area contributed by atoms with Crippen LogP contribution in [0.2, 0.25) is 0 Å². The van der Waals surface area contributed by atoms with Crippen molar-refractivity contribution in [2.24, 2.45) is 0 Å². The third-order valence-corrected chi connectivity index (χ3v) is 4.51. The van der Waals surface area contributed by atoms with Gasteiger partial charge in [-0.05, 0) is 12.8 Å². The Morgan fingerprint density at radius 2 is 1.59 bits per heavy atom. The van der Waals surface area contributed by atoms with Gasteiger partial charge >= 0.3 is 5.97 Å². The van der Waals surface area contributed by atoms with Crippen LogP contribution in [0.15, 0.2) is 0 Å². The number of esters is 1. The van der Waals surface area contributed by atoms with Gasteiger partial charge < -0.3 is 9.64 Å². The Balaban J connectivity index is 1.89. The zero-order valence-electron chi connectivity index (χ0n) is 14.4. The SMILES string of the molecule is CCCCCCCCCCCCOC(=O)C1CCC(=O)N1C. The molecule has 4 heteroatoms. The number of likely N-dealkylation sites (tertiary alicyclic amines) is 1. The maximum Gasteiger partial charge on any atom is 0.328 e. The fraction of sp³-hybridized carbons (Fsp3) is 0.889. The van der Waals surface area contributed by atoms with E-state index in [0.717, 1.165) is 12.8 Å². The van der Waals surface area contributed by atoms with Crippen LogP contribution >= 0.6 is 0 Å². The second-order valence-electron chi connectivity index (χ2n) is 6.41. The molecule has 0 N–H and O–H groups in total. The van der Waals surface area contributed by atoms with Crippen LogP contribution in [-0.4, -0.2) is 36.5 Å². The number of likely N-dealkylation sites (N-methyl/N-ethyl adjacent to an activating group) is 1. The fourth-order valence-electron chi connectivity index (χ4n) is 2.94. The predicted molar refractivity (Wildman–Crippen MR) is 88.6 cm³/mol. The lowest BCUT2D eigenvalue weighted by molar-refractivity contribution is -0.151. The lowest BCUT2D eigenvalue weighted by Crippen LogP contribution is -2.36. The molecular weight excluding hydrogens is 278 g/mol. The molecule has 1 unspecified atom stereocenters. The number of carbonyl (C=O) groups is 2. The van der Waals surface area contributed by atoms with E-state index in [1.807, 2.05) is 0 Å². The predicted octanol–water partition coefficient (Wildman–Crippen LogP) is 4.07. The molecule has 0 spiro atoms. The van der Waals surface area contributed by atoms with Gasteiger partial charge in [-0.1, -0.05) is 64.7 Å². The Bertz CT molecular complexity index is 330. The van der Waals surface area contributed by atoms with E-state index >= 15 is 0 Å². The van der Waals surface area contributed by atoms with E-state index in [1.165, 1.54) is 56.3 Å². The standard InChI is InChI=1S/C18H33NO3/c1-3-4-5-6-7-8-9-10-11-12-15-22-18(21)16-13-14-17(20)19(16)2/h16H,3-15H2,1-2H3. The van der Waals surface area contributed by atoms with Crippen LogP contribution in [0.3, 0.4) is 0 Å². The van der Waals surface area contributed by atoms with Crippen LogP contribution < -0.4 is 0 Å². The first-order chi connectivity index (χ1) is 10.7. The molecule has 0 aromatic rings. The number of carbonyl (C=O) groups excluding carboxylic acids is 2. The van der Waals surface area contributed by atoms with Crippen LogP contribution in [0, 0.1) is 0 Å². The molecule has 0 aromatic heterocycles. The van der Waals surface area contributed by atoms with Gasteiger partial charge in [-0.15, -0.1) is 0 Å². The van der Waals surface area contributed by atoms with Crippen molar-refractivity contribution in [1.29, 1.82) is 0 Å². The Labute approximate surface area is 135 Å². The molecule has 1 atom stereocenters. The van der Waals surface area contributed by atoms with Crippen LogP contribution in [-0.2, 0) is 14.3 Å². The molecule has 128 valence electrons. The highest BCUT2D eigenvalue weighted by Crippen LogP contribution is 2.17. The summed E-state index contributed by atoms with van der Waals surface area (Å²) in [6.45, 7) is 2.74.